The Hall–Kier alpha value is -1.18. The Labute approximate surface area is 68.2 Å². The van der Waals surface area contributed by atoms with Crippen LogP contribution in [0.15, 0.2) is 12.2 Å². The SMILES string of the molecule is [CH2]C([CH2+])([CH2-])OC(=O)[CH+]C(=C)[CH2-]. The monoisotopic (exact) mass is 151 g/mol. The summed E-state index contributed by atoms with van der Waals surface area (Å²) >= 11 is 0. The van der Waals surface area contributed by atoms with Crippen molar-refractivity contribution in [2.24, 2.45) is 0 Å². The van der Waals surface area contributed by atoms with Crippen LogP contribution >= 0.6 is 0 Å². The number of carbonyl (C=O) groups excluding carboxylic acids is 1. The van der Waals surface area contributed by atoms with Crippen LogP contribution < -0.4 is 0 Å². The quantitative estimate of drug-likeness (QED) is 0.449. The fourth-order valence-corrected chi connectivity index (χ4v) is 0.410. The highest BCUT2D eigenvalue weighted by atomic mass is 16.6. The van der Waals surface area contributed by atoms with Gasteiger partial charge in [0.1, 0.15) is 5.60 Å². The molecule has 0 aliphatic carbocycles. The van der Waals surface area contributed by atoms with Crippen LogP contribution in [0.25, 0.3) is 0 Å². The van der Waals surface area contributed by atoms with Crippen LogP contribution in [-0.2, 0) is 9.53 Å². The van der Waals surface area contributed by atoms with Crippen molar-refractivity contribution in [2.45, 2.75) is 5.60 Å². The van der Waals surface area contributed by atoms with Crippen molar-refractivity contribution in [1.29, 1.82) is 0 Å². The zero-order chi connectivity index (χ0) is 9.07. The van der Waals surface area contributed by atoms with Crippen molar-refractivity contribution in [3.63, 3.8) is 0 Å². The highest BCUT2D eigenvalue weighted by Gasteiger charge is 2.16. The van der Waals surface area contributed by atoms with E-state index in [1.165, 1.54) is 0 Å². The number of hydrogen-bond donors (Lipinski definition) is 0. The molecule has 0 rings (SSSR count). The summed E-state index contributed by atoms with van der Waals surface area (Å²) in [5.74, 6) is -0.579. The molecular weight excluding hydrogens is 140 g/mol. The normalized spacial score (nSPS) is 14.7. The second-order valence-corrected chi connectivity index (χ2v) is 2.41. The lowest BCUT2D eigenvalue weighted by Gasteiger charge is -2.18. The van der Waals surface area contributed by atoms with E-state index < -0.39 is 11.6 Å². The molecule has 0 spiro atoms. The van der Waals surface area contributed by atoms with E-state index >= 15 is 0 Å². The molecule has 0 amide bonds. The van der Waals surface area contributed by atoms with Gasteiger partial charge in [-0.15, -0.1) is 0 Å². The van der Waals surface area contributed by atoms with Gasteiger partial charge in [-0.05, 0) is 5.57 Å². The molecule has 0 fully saturated rings. The summed E-state index contributed by atoms with van der Waals surface area (Å²) in [6, 6.07) is 0. The van der Waals surface area contributed by atoms with Crippen molar-refractivity contribution in [3.8, 4) is 0 Å². The summed E-state index contributed by atoms with van der Waals surface area (Å²) in [5, 5.41) is 0. The Bertz CT molecular complexity index is 163. The lowest BCUT2D eigenvalue weighted by molar-refractivity contribution is -0.144. The van der Waals surface area contributed by atoms with Gasteiger partial charge in [0.25, 0.3) is 0 Å². The predicted octanol–water partition coefficient (Wildman–Crippen LogP) is 1.37. The summed E-state index contributed by atoms with van der Waals surface area (Å²) in [4.78, 5) is 10.8. The summed E-state index contributed by atoms with van der Waals surface area (Å²) in [6.07, 6.45) is 1.15. The fraction of sp³-hybridized carbons (Fsp3) is 0.111. The van der Waals surface area contributed by atoms with E-state index in [1.54, 1.807) is 0 Å². The molecule has 0 aromatic carbocycles. The maximum atomic E-state index is 10.8. The molecule has 0 aromatic rings. The standard InChI is InChI=1S/C9H11O2/c1-7(2)6-8(10)11-9(3,4)5/h6H,1-5H2. The van der Waals surface area contributed by atoms with Crippen LogP contribution in [0.2, 0.25) is 0 Å². The molecule has 0 saturated carbocycles. The Balaban J connectivity index is 3.80. The number of hydrogen-bond acceptors (Lipinski definition) is 2. The molecule has 2 nitrogen and oxygen atoms in total. The van der Waals surface area contributed by atoms with E-state index in [0.29, 0.717) is 5.57 Å². The molecule has 0 atom stereocenters. The summed E-state index contributed by atoms with van der Waals surface area (Å²) < 4.78 is 4.62. The van der Waals surface area contributed by atoms with Crippen molar-refractivity contribution < 1.29 is 9.53 Å². The maximum absolute atomic E-state index is 10.8. The summed E-state index contributed by atoms with van der Waals surface area (Å²) in [5.41, 5.74) is -0.817. The van der Waals surface area contributed by atoms with Gasteiger partial charge >= 0.3 is 5.97 Å². The predicted molar refractivity (Wildman–Crippen MR) is 43.7 cm³/mol. The minimum absolute atomic E-state index is 0.374. The fourth-order valence-electron chi connectivity index (χ4n) is 0.410. The first kappa shape index (κ1) is 9.82. The van der Waals surface area contributed by atoms with Crippen molar-refractivity contribution in [2.75, 3.05) is 0 Å². The highest BCUT2D eigenvalue weighted by Crippen LogP contribution is 2.07. The maximum Gasteiger partial charge on any atom is 0.333 e. The highest BCUT2D eigenvalue weighted by molar-refractivity contribution is 5.83. The number of esters is 1. The first-order chi connectivity index (χ1) is 4.81. The zero-order valence-electron chi connectivity index (χ0n) is 6.43. The van der Waals surface area contributed by atoms with Crippen molar-refractivity contribution in [1.82, 2.24) is 0 Å². The molecule has 0 aromatic heterocycles. The lowest BCUT2D eigenvalue weighted by atomic mass is 10.2. The average molecular weight is 151 g/mol. The van der Waals surface area contributed by atoms with Gasteiger partial charge in [0.15, 0.2) is 0 Å². The van der Waals surface area contributed by atoms with Crippen LogP contribution in [-0.4, -0.2) is 11.6 Å². The van der Waals surface area contributed by atoms with E-state index in [0.717, 1.165) is 6.42 Å². The van der Waals surface area contributed by atoms with Gasteiger partial charge in [-0.3, -0.25) is 6.92 Å². The lowest BCUT2D eigenvalue weighted by Crippen LogP contribution is -2.25. The first-order valence-corrected chi connectivity index (χ1v) is 2.96. The van der Waals surface area contributed by atoms with Gasteiger partial charge in [-0.1, -0.05) is 13.5 Å². The van der Waals surface area contributed by atoms with Crippen LogP contribution in [0.3, 0.4) is 0 Å². The van der Waals surface area contributed by atoms with E-state index in [9.17, 15) is 4.79 Å². The molecule has 0 aliphatic rings. The smallest absolute Gasteiger partial charge is 0.333 e. The summed E-state index contributed by atoms with van der Waals surface area (Å²) in [7, 11) is 0. The van der Waals surface area contributed by atoms with Crippen molar-refractivity contribution in [3.05, 3.63) is 46.3 Å². The second-order valence-electron chi connectivity index (χ2n) is 2.41. The van der Waals surface area contributed by atoms with Gasteiger partial charge < -0.3 is 4.74 Å². The van der Waals surface area contributed by atoms with Gasteiger partial charge in [0.05, 0.1) is 6.92 Å². The largest absolute Gasteiger partial charge is 0.443 e. The Morgan fingerprint density at radius 2 is 2.18 bits per heavy atom. The minimum Gasteiger partial charge on any atom is -0.443 e. The third kappa shape index (κ3) is 6.71. The van der Waals surface area contributed by atoms with Crippen LogP contribution in [0.4, 0.5) is 0 Å². The van der Waals surface area contributed by atoms with Crippen molar-refractivity contribution >= 4 is 5.97 Å². The molecule has 1 radical (unpaired) electrons. The molecular formula is C9H11O2. The molecule has 0 unspecified atom stereocenters. The number of ether oxygens (including phenoxy) is 1. The van der Waals surface area contributed by atoms with Gasteiger partial charge in [0, 0.05) is 13.3 Å². The van der Waals surface area contributed by atoms with Gasteiger partial charge in [-0.2, -0.15) is 0 Å². The molecule has 59 valence electrons. The van der Waals surface area contributed by atoms with E-state index in [2.05, 4.69) is 39.0 Å². The third-order valence-corrected chi connectivity index (χ3v) is 0.639. The molecule has 0 aliphatic heterocycles. The van der Waals surface area contributed by atoms with E-state index in [-0.39, 0.29) is 0 Å². The van der Waals surface area contributed by atoms with E-state index in [1.807, 2.05) is 0 Å². The van der Waals surface area contributed by atoms with Crippen LogP contribution in [0, 0.1) is 34.1 Å². The average Bonchev–Trinajstić information content (AvgIpc) is 1.53. The molecule has 11 heavy (non-hydrogen) atoms. The molecule has 0 saturated heterocycles. The summed E-state index contributed by atoms with van der Waals surface area (Å²) in [6.45, 7) is 16.9. The Kier molecular flexibility index (Phi) is 2.93. The second kappa shape index (κ2) is 3.28. The topological polar surface area (TPSA) is 26.3 Å². The van der Waals surface area contributed by atoms with Crippen LogP contribution in [0.5, 0.6) is 0 Å². The zero-order valence-corrected chi connectivity index (χ0v) is 6.43. The Morgan fingerprint density at radius 3 is 2.45 bits per heavy atom. The number of rotatable bonds is 3. The third-order valence-electron chi connectivity index (χ3n) is 0.639. The van der Waals surface area contributed by atoms with Gasteiger partial charge in [0.2, 0.25) is 0 Å². The molecule has 0 bridgehead atoms. The Morgan fingerprint density at radius 1 is 1.73 bits per heavy atom. The molecule has 2 heteroatoms. The first-order valence-electron chi connectivity index (χ1n) is 2.96. The number of carbonyl (C=O) groups is 1. The minimum atomic E-state index is -1.19. The molecule has 0 heterocycles. The van der Waals surface area contributed by atoms with E-state index in [4.69, 9.17) is 0 Å². The molecule has 0 N–H and O–H groups in total. The van der Waals surface area contributed by atoms with Gasteiger partial charge in [-0.25, -0.2) is 4.79 Å². The van der Waals surface area contributed by atoms with Crippen LogP contribution in [0.1, 0.15) is 0 Å².